The van der Waals surface area contributed by atoms with Crippen LogP contribution in [0.4, 0.5) is 0 Å². The minimum atomic E-state index is -0.590. The predicted octanol–water partition coefficient (Wildman–Crippen LogP) is 2.18. The Hall–Kier alpha value is -3.11. The Bertz CT molecular complexity index is 984. The first-order chi connectivity index (χ1) is 11.1. The highest BCUT2D eigenvalue weighted by molar-refractivity contribution is 7.90. The number of thiol groups is 1. The van der Waals surface area contributed by atoms with Crippen LogP contribution in [-0.2, 0) is 4.79 Å². The van der Waals surface area contributed by atoms with Crippen molar-refractivity contribution in [1.29, 1.82) is 5.26 Å². The number of hydrogen-bond donors (Lipinski definition) is 2. The lowest BCUT2D eigenvalue weighted by molar-refractivity contribution is -0.113. The van der Waals surface area contributed by atoms with E-state index in [1.165, 1.54) is 10.8 Å². The zero-order valence-electron chi connectivity index (χ0n) is 11.8. The summed E-state index contributed by atoms with van der Waals surface area (Å²) in [5, 5.41) is 14.3. The highest BCUT2D eigenvalue weighted by Crippen LogP contribution is 2.25. The Morgan fingerprint density at radius 3 is 2.91 bits per heavy atom. The van der Waals surface area contributed by atoms with E-state index in [2.05, 4.69) is 22.7 Å². The number of rotatable bonds is 3. The zero-order valence-corrected chi connectivity index (χ0v) is 12.7. The van der Waals surface area contributed by atoms with Gasteiger partial charge in [-0.15, -0.1) is 12.6 Å². The lowest BCUT2D eigenvalue weighted by Crippen LogP contribution is -2.08. The van der Waals surface area contributed by atoms with Gasteiger partial charge in [0.05, 0.1) is 17.4 Å². The van der Waals surface area contributed by atoms with E-state index < -0.39 is 5.91 Å². The van der Waals surface area contributed by atoms with Crippen LogP contribution in [0.5, 0.6) is 0 Å². The summed E-state index contributed by atoms with van der Waals surface area (Å²) in [5.41, 5.74) is 7.85. The highest BCUT2D eigenvalue weighted by Gasteiger charge is 2.08. The Balaban J connectivity index is 2.08. The number of pyridine rings is 1. The molecule has 0 aliphatic heterocycles. The zero-order chi connectivity index (χ0) is 16.4. The number of nitrogens with zero attached hydrogens (tertiary/aromatic N) is 4. The molecule has 0 unspecified atom stereocenters. The van der Waals surface area contributed by atoms with E-state index in [1.54, 1.807) is 18.3 Å². The van der Waals surface area contributed by atoms with Gasteiger partial charge in [-0.05, 0) is 24.3 Å². The lowest BCUT2D eigenvalue weighted by atomic mass is 10.1. The molecular formula is C16H11N5OS. The van der Waals surface area contributed by atoms with Gasteiger partial charge in [-0.2, -0.15) is 10.4 Å². The molecule has 3 aromatic rings. The maximum atomic E-state index is 11.0. The molecule has 0 atom stereocenters. The van der Waals surface area contributed by atoms with Gasteiger partial charge in [0.15, 0.2) is 0 Å². The largest absolute Gasteiger partial charge is 0.366 e. The summed E-state index contributed by atoms with van der Waals surface area (Å²) in [6.45, 7) is 0. The number of benzene rings is 1. The number of carbonyl (C=O) groups is 1. The van der Waals surface area contributed by atoms with Crippen LogP contribution in [0, 0.1) is 11.3 Å². The molecule has 2 N–H and O–H groups in total. The third-order valence-electron chi connectivity index (χ3n) is 3.22. The van der Waals surface area contributed by atoms with E-state index in [9.17, 15) is 4.79 Å². The molecule has 0 saturated carbocycles. The van der Waals surface area contributed by atoms with Crippen LogP contribution in [0.1, 0.15) is 5.69 Å². The molecule has 0 spiro atoms. The smallest absolute Gasteiger partial charge is 0.244 e. The van der Waals surface area contributed by atoms with Crippen LogP contribution in [-0.4, -0.2) is 20.7 Å². The molecular weight excluding hydrogens is 310 g/mol. The van der Waals surface area contributed by atoms with E-state index in [0.29, 0.717) is 16.4 Å². The summed E-state index contributed by atoms with van der Waals surface area (Å²) in [4.78, 5) is 15.2. The van der Waals surface area contributed by atoms with Crippen LogP contribution < -0.4 is 5.73 Å². The van der Waals surface area contributed by atoms with Gasteiger partial charge in [-0.3, -0.25) is 4.79 Å². The number of carbonyl (C=O) groups excluding carboxylic acids is 1. The summed E-state index contributed by atoms with van der Waals surface area (Å²) in [6.07, 6.45) is 2.86. The average molecular weight is 321 g/mol. The van der Waals surface area contributed by atoms with Crippen LogP contribution >= 0.6 is 12.6 Å². The second-order valence-corrected chi connectivity index (χ2v) is 5.21. The van der Waals surface area contributed by atoms with Gasteiger partial charge in [0.25, 0.3) is 0 Å². The first kappa shape index (κ1) is 14.8. The van der Waals surface area contributed by atoms with Crippen molar-refractivity contribution in [1.82, 2.24) is 14.8 Å². The van der Waals surface area contributed by atoms with E-state index >= 15 is 0 Å². The molecule has 7 heteroatoms. The molecule has 1 amide bonds. The third-order valence-corrected chi connectivity index (χ3v) is 3.53. The molecule has 0 fully saturated rings. The normalized spacial score (nSPS) is 11.4. The minimum Gasteiger partial charge on any atom is -0.366 e. The maximum absolute atomic E-state index is 11.0. The van der Waals surface area contributed by atoms with Crippen molar-refractivity contribution in [3.05, 3.63) is 54.4 Å². The molecule has 2 aromatic heterocycles. The van der Waals surface area contributed by atoms with Crippen molar-refractivity contribution in [2.75, 3.05) is 0 Å². The molecule has 0 bridgehead atoms. The summed E-state index contributed by atoms with van der Waals surface area (Å²) in [7, 11) is 0. The number of fused-ring (bicyclic) bond motifs is 1. The maximum Gasteiger partial charge on any atom is 0.244 e. The molecule has 3 rings (SSSR count). The second-order valence-electron chi connectivity index (χ2n) is 4.75. The quantitative estimate of drug-likeness (QED) is 0.570. The van der Waals surface area contributed by atoms with Crippen molar-refractivity contribution in [3.8, 4) is 17.3 Å². The van der Waals surface area contributed by atoms with E-state index in [1.807, 2.05) is 30.3 Å². The monoisotopic (exact) mass is 321 g/mol. The van der Waals surface area contributed by atoms with E-state index in [4.69, 9.17) is 11.0 Å². The lowest BCUT2D eigenvalue weighted by Gasteiger charge is -2.04. The number of nitrogens with two attached hydrogens (primary N) is 1. The van der Waals surface area contributed by atoms with Crippen molar-refractivity contribution in [2.24, 2.45) is 5.73 Å². The summed E-state index contributed by atoms with van der Waals surface area (Å²) in [5.74, 6) is -0.590. The number of primary amides is 1. The summed E-state index contributed by atoms with van der Waals surface area (Å²) in [6, 6.07) is 12.9. The number of amides is 1. The molecule has 2 heterocycles. The Kier molecular flexibility index (Phi) is 3.83. The Labute approximate surface area is 137 Å². The fourth-order valence-electron chi connectivity index (χ4n) is 2.22. The van der Waals surface area contributed by atoms with E-state index in [0.717, 1.165) is 16.5 Å². The fraction of sp³-hybridized carbons (Fsp3) is 0. The summed E-state index contributed by atoms with van der Waals surface area (Å²) >= 11 is 4.24. The van der Waals surface area contributed by atoms with Gasteiger partial charge in [-0.25, -0.2) is 9.67 Å². The number of hydrogen-bond acceptors (Lipinski definition) is 5. The predicted molar refractivity (Wildman–Crippen MR) is 90.1 cm³/mol. The molecule has 0 saturated heterocycles. The van der Waals surface area contributed by atoms with Gasteiger partial charge >= 0.3 is 0 Å². The molecule has 0 aliphatic carbocycles. The third kappa shape index (κ3) is 2.93. The second kappa shape index (κ2) is 5.94. The minimum absolute atomic E-state index is 0.338. The van der Waals surface area contributed by atoms with Crippen molar-refractivity contribution < 1.29 is 4.79 Å². The molecule has 0 radical (unpaired) electrons. The summed E-state index contributed by atoms with van der Waals surface area (Å²) < 4.78 is 1.52. The van der Waals surface area contributed by atoms with Gasteiger partial charge in [-0.1, -0.05) is 12.1 Å². The van der Waals surface area contributed by atoms with Gasteiger partial charge in [0.2, 0.25) is 5.91 Å². The van der Waals surface area contributed by atoms with E-state index in [-0.39, 0.29) is 0 Å². The van der Waals surface area contributed by atoms with Crippen LogP contribution in [0.3, 0.4) is 0 Å². The van der Waals surface area contributed by atoms with Crippen LogP contribution in [0.25, 0.3) is 27.2 Å². The molecule has 1 aromatic carbocycles. The number of nitriles is 1. The Morgan fingerprint density at radius 2 is 2.17 bits per heavy atom. The van der Waals surface area contributed by atoms with Crippen LogP contribution in [0.2, 0.25) is 0 Å². The standard InChI is InChI=1S/C16H11N5OS/c17-8-12-2-1-3-13(20-12)10-4-5-14-11(6-10)9-19-21(14)16(23)7-15(18)22/h1-7,9,23H,(H2,18,22)/b16-7-. The van der Waals surface area contributed by atoms with Gasteiger partial charge in [0.1, 0.15) is 16.8 Å². The molecule has 6 nitrogen and oxygen atoms in total. The first-order valence-electron chi connectivity index (χ1n) is 6.64. The highest BCUT2D eigenvalue weighted by atomic mass is 32.1. The van der Waals surface area contributed by atoms with Crippen molar-refractivity contribution in [2.45, 2.75) is 0 Å². The topological polar surface area (TPSA) is 97.6 Å². The molecule has 23 heavy (non-hydrogen) atoms. The fourth-order valence-corrected chi connectivity index (χ4v) is 2.51. The van der Waals surface area contributed by atoms with Gasteiger partial charge in [0, 0.05) is 17.0 Å². The SMILES string of the molecule is N#Cc1cccc(-c2ccc3c(cnn3/C(S)=C/C(N)=O)c2)n1. The molecule has 0 aliphatic rings. The van der Waals surface area contributed by atoms with Crippen molar-refractivity contribution in [3.63, 3.8) is 0 Å². The van der Waals surface area contributed by atoms with Crippen molar-refractivity contribution >= 4 is 34.5 Å². The van der Waals surface area contributed by atoms with Gasteiger partial charge < -0.3 is 5.73 Å². The number of aromatic nitrogens is 3. The Morgan fingerprint density at radius 1 is 1.35 bits per heavy atom. The van der Waals surface area contributed by atoms with Crippen LogP contribution in [0.15, 0.2) is 48.7 Å². The first-order valence-corrected chi connectivity index (χ1v) is 7.09. The molecule has 112 valence electrons. The average Bonchev–Trinajstić information content (AvgIpc) is 2.97.